The summed E-state index contributed by atoms with van der Waals surface area (Å²) in [5.74, 6) is 0. The molecule has 0 bridgehead atoms. The highest BCUT2D eigenvalue weighted by atomic mass is 15.0. The number of rotatable bonds is 6. The molecule has 0 aliphatic rings. The molecule has 0 fully saturated rings. The molecule has 64 heavy (non-hydrogen) atoms. The van der Waals surface area contributed by atoms with Crippen LogP contribution in [0.1, 0.15) is 0 Å². The number of pyridine rings is 4. The molecule has 0 saturated carbocycles. The molecule has 0 radical (unpaired) electrons. The lowest BCUT2D eigenvalue weighted by Crippen LogP contribution is -1.97. The molecular formula is C58H36N6. The number of fused-ring (bicyclic) bond motifs is 8. The Bertz CT molecular complexity index is 3790. The summed E-state index contributed by atoms with van der Waals surface area (Å²) in [4.78, 5) is 18.8. The third-order valence-corrected chi connectivity index (χ3v) is 12.8. The highest BCUT2D eigenvalue weighted by Gasteiger charge is 2.20. The van der Waals surface area contributed by atoms with Gasteiger partial charge in [0, 0.05) is 81.2 Å². The average Bonchev–Trinajstić information content (AvgIpc) is 3.89. The maximum atomic E-state index is 5.37. The van der Waals surface area contributed by atoms with Crippen LogP contribution in [0.15, 0.2) is 219 Å². The quantitative estimate of drug-likeness (QED) is 0.157. The SMILES string of the molecule is c1cncc(-c2cc(-c3c4ccccc4c(-c4ccc(-n5c6ccccc6c6cnccc65)cc4)c4ccccc34)cc(-c3cccc(-n4c5ccccc5c5cnccc54)c3)n2)c1. The number of aromatic nitrogens is 6. The van der Waals surface area contributed by atoms with Crippen LogP contribution >= 0.6 is 0 Å². The zero-order valence-electron chi connectivity index (χ0n) is 34.5. The molecule has 13 aromatic rings. The van der Waals surface area contributed by atoms with Gasteiger partial charge in [-0.05, 0) is 117 Å². The van der Waals surface area contributed by atoms with Gasteiger partial charge in [-0.3, -0.25) is 15.0 Å². The smallest absolute Gasteiger partial charge is 0.0731 e. The summed E-state index contributed by atoms with van der Waals surface area (Å²) in [6.07, 6.45) is 11.4. The van der Waals surface area contributed by atoms with Crippen molar-refractivity contribution in [2.24, 2.45) is 0 Å². The molecule has 6 heterocycles. The first-order valence-electron chi connectivity index (χ1n) is 21.5. The van der Waals surface area contributed by atoms with Crippen molar-refractivity contribution in [1.82, 2.24) is 29.1 Å². The summed E-state index contributed by atoms with van der Waals surface area (Å²) in [7, 11) is 0. The maximum Gasteiger partial charge on any atom is 0.0731 e. The van der Waals surface area contributed by atoms with Crippen LogP contribution in [-0.2, 0) is 0 Å². The number of para-hydroxylation sites is 2. The van der Waals surface area contributed by atoms with Gasteiger partial charge in [-0.2, -0.15) is 0 Å². The van der Waals surface area contributed by atoms with E-state index in [9.17, 15) is 0 Å². The summed E-state index contributed by atoms with van der Waals surface area (Å²) >= 11 is 0. The van der Waals surface area contributed by atoms with Crippen LogP contribution in [0.3, 0.4) is 0 Å². The maximum absolute atomic E-state index is 5.37. The number of hydrogen-bond acceptors (Lipinski definition) is 4. The second-order valence-corrected chi connectivity index (χ2v) is 16.3. The minimum absolute atomic E-state index is 0.864. The van der Waals surface area contributed by atoms with E-state index in [2.05, 4.69) is 200 Å². The summed E-state index contributed by atoms with van der Waals surface area (Å²) in [5, 5.41) is 9.38. The van der Waals surface area contributed by atoms with Gasteiger partial charge in [0.2, 0.25) is 0 Å². The predicted molar refractivity (Wildman–Crippen MR) is 263 cm³/mol. The molecule has 0 atom stereocenters. The largest absolute Gasteiger partial charge is 0.309 e. The Morgan fingerprint density at radius 1 is 0.281 bits per heavy atom. The molecule has 0 amide bonds. The highest BCUT2D eigenvalue weighted by Crippen LogP contribution is 2.45. The van der Waals surface area contributed by atoms with Crippen LogP contribution in [0.5, 0.6) is 0 Å². The molecule has 0 spiro atoms. The molecule has 0 aliphatic carbocycles. The second-order valence-electron chi connectivity index (χ2n) is 16.3. The van der Waals surface area contributed by atoms with E-state index in [1.54, 1.807) is 0 Å². The molecule has 13 rings (SSSR count). The summed E-state index contributed by atoms with van der Waals surface area (Å²) in [6, 6.07) is 65.3. The van der Waals surface area contributed by atoms with Gasteiger partial charge >= 0.3 is 0 Å². The first-order chi connectivity index (χ1) is 31.8. The third kappa shape index (κ3) is 5.59. The summed E-state index contributed by atoms with van der Waals surface area (Å²) < 4.78 is 4.67. The van der Waals surface area contributed by atoms with Crippen molar-refractivity contribution in [3.63, 3.8) is 0 Å². The van der Waals surface area contributed by atoms with Crippen LogP contribution in [0.25, 0.3) is 121 Å². The van der Waals surface area contributed by atoms with Crippen LogP contribution in [0, 0.1) is 0 Å². The Morgan fingerprint density at radius 2 is 0.766 bits per heavy atom. The number of hydrogen-bond donors (Lipinski definition) is 0. The standard InChI is InChI=1S/C58H36N6/c1-3-18-47-45(16-1)57(37-22-24-41(25-23-37)63-53-20-7-5-14-43(53)49-35-60-29-26-55(49)63)46-17-2-4-19-48(46)58(47)40-32-51(62-52(33-40)39-12-10-28-59-34-39)38-11-9-13-42(31-38)64-54-21-8-6-15-44(54)50-36-61-30-27-56(50)64/h1-36H. The molecule has 0 unspecified atom stereocenters. The topological polar surface area (TPSA) is 61.4 Å². The zero-order chi connectivity index (χ0) is 42.1. The van der Waals surface area contributed by atoms with E-state index in [1.165, 1.54) is 43.4 Å². The monoisotopic (exact) mass is 816 g/mol. The molecule has 6 aromatic heterocycles. The van der Waals surface area contributed by atoms with Gasteiger partial charge in [0.05, 0.1) is 33.5 Å². The lowest BCUT2D eigenvalue weighted by molar-refractivity contribution is 1.17. The fourth-order valence-electron chi connectivity index (χ4n) is 10.0. The van der Waals surface area contributed by atoms with Crippen molar-refractivity contribution >= 4 is 65.2 Å². The second kappa shape index (κ2) is 14.4. The minimum Gasteiger partial charge on any atom is -0.309 e. The predicted octanol–water partition coefficient (Wildman–Crippen LogP) is 14.4. The van der Waals surface area contributed by atoms with Gasteiger partial charge in [-0.25, -0.2) is 4.98 Å². The first-order valence-corrected chi connectivity index (χ1v) is 21.5. The van der Waals surface area contributed by atoms with Crippen LogP contribution < -0.4 is 0 Å². The van der Waals surface area contributed by atoms with Crippen LogP contribution in [0.4, 0.5) is 0 Å². The molecule has 6 nitrogen and oxygen atoms in total. The van der Waals surface area contributed by atoms with Gasteiger partial charge in [-0.1, -0.05) is 109 Å². The van der Waals surface area contributed by atoms with Crippen molar-refractivity contribution < 1.29 is 0 Å². The van der Waals surface area contributed by atoms with Crippen molar-refractivity contribution in [2.75, 3.05) is 0 Å². The number of nitrogens with zero attached hydrogens (tertiary/aromatic N) is 6. The average molecular weight is 817 g/mol. The molecule has 0 aliphatic heterocycles. The fraction of sp³-hybridized carbons (Fsp3) is 0. The molecular weight excluding hydrogens is 781 g/mol. The van der Waals surface area contributed by atoms with E-state index in [4.69, 9.17) is 4.98 Å². The Kier molecular flexibility index (Phi) is 8.11. The fourth-order valence-corrected chi connectivity index (χ4v) is 10.0. The first kappa shape index (κ1) is 36.0. The van der Waals surface area contributed by atoms with Gasteiger partial charge in [-0.15, -0.1) is 0 Å². The molecule has 0 saturated heterocycles. The van der Waals surface area contributed by atoms with Gasteiger partial charge in [0.15, 0.2) is 0 Å². The van der Waals surface area contributed by atoms with Crippen LogP contribution in [-0.4, -0.2) is 29.1 Å². The zero-order valence-corrected chi connectivity index (χ0v) is 34.5. The Balaban J connectivity index is 1.00. The van der Waals surface area contributed by atoms with E-state index >= 15 is 0 Å². The summed E-state index contributed by atoms with van der Waals surface area (Å²) in [5.41, 5.74) is 15.1. The van der Waals surface area contributed by atoms with Gasteiger partial charge < -0.3 is 9.13 Å². The third-order valence-electron chi connectivity index (χ3n) is 12.8. The lowest BCUT2D eigenvalue weighted by atomic mass is 9.85. The normalized spacial score (nSPS) is 11.8. The van der Waals surface area contributed by atoms with Crippen molar-refractivity contribution in [3.8, 4) is 56.1 Å². The van der Waals surface area contributed by atoms with E-state index < -0.39 is 0 Å². The summed E-state index contributed by atoms with van der Waals surface area (Å²) in [6.45, 7) is 0. The van der Waals surface area contributed by atoms with Gasteiger partial charge in [0.25, 0.3) is 0 Å². The number of benzene rings is 7. The highest BCUT2D eigenvalue weighted by molar-refractivity contribution is 6.21. The molecule has 7 aromatic carbocycles. The van der Waals surface area contributed by atoms with Crippen LogP contribution in [0.2, 0.25) is 0 Å². The lowest BCUT2D eigenvalue weighted by Gasteiger charge is -2.19. The Labute approximate surface area is 368 Å². The van der Waals surface area contributed by atoms with Crippen molar-refractivity contribution in [3.05, 3.63) is 219 Å². The van der Waals surface area contributed by atoms with Crippen molar-refractivity contribution in [1.29, 1.82) is 0 Å². The van der Waals surface area contributed by atoms with E-state index in [1.807, 2.05) is 43.2 Å². The van der Waals surface area contributed by atoms with E-state index in [0.717, 1.165) is 77.9 Å². The Hall–Kier alpha value is -8.74. The van der Waals surface area contributed by atoms with E-state index in [-0.39, 0.29) is 0 Å². The molecule has 6 heteroatoms. The minimum atomic E-state index is 0.864. The van der Waals surface area contributed by atoms with Crippen molar-refractivity contribution in [2.45, 2.75) is 0 Å². The Morgan fingerprint density at radius 3 is 1.34 bits per heavy atom. The molecule has 0 N–H and O–H groups in total. The van der Waals surface area contributed by atoms with E-state index in [0.29, 0.717) is 0 Å². The van der Waals surface area contributed by atoms with Gasteiger partial charge in [0.1, 0.15) is 0 Å². The molecule has 298 valence electrons.